The SMILES string of the molecule is Clc1nc(-c2ccccc2)nc(-c2ccccc2)n1.Nc1ccccc1.c1ccc(Nc2nc(-c3ccccc3)nc(-c3ccccc3)n2)cc1. The first-order chi connectivity index (χ1) is 25.1. The van der Waals surface area contributed by atoms with Crippen molar-refractivity contribution >= 4 is 28.9 Å². The van der Waals surface area contributed by atoms with Gasteiger partial charge in [-0.15, -0.1) is 0 Å². The molecule has 8 nitrogen and oxygen atoms in total. The van der Waals surface area contributed by atoms with Crippen LogP contribution in [0.1, 0.15) is 0 Å². The monoisotopic (exact) mass is 684 g/mol. The maximum absolute atomic E-state index is 5.99. The van der Waals surface area contributed by atoms with Crippen LogP contribution in [0, 0.1) is 0 Å². The molecule has 2 heterocycles. The molecule has 8 aromatic rings. The summed E-state index contributed by atoms with van der Waals surface area (Å²) in [6, 6.07) is 58.7. The van der Waals surface area contributed by atoms with Crippen LogP contribution in [-0.4, -0.2) is 29.9 Å². The first kappa shape index (κ1) is 34.1. The van der Waals surface area contributed by atoms with Gasteiger partial charge >= 0.3 is 0 Å². The zero-order valence-corrected chi connectivity index (χ0v) is 28.2. The summed E-state index contributed by atoms with van der Waals surface area (Å²) in [7, 11) is 0. The van der Waals surface area contributed by atoms with Crippen molar-refractivity contribution in [1.82, 2.24) is 29.9 Å². The number of nitrogen functional groups attached to an aromatic ring is 1. The van der Waals surface area contributed by atoms with Gasteiger partial charge in [0.25, 0.3) is 0 Å². The molecule has 0 saturated heterocycles. The summed E-state index contributed by atoms with van der Waals surface area (Å²) >= 11 is 5.99. The van der Waals surface area contributed by atoms with Gasteiger partial charge < -0.3 is 11.1 Å². The molecule has 0 unspecified atom stereocenters. The van der Waals surface area contributed by atoms with E-state index in [0.29, 0.717) is 29.2 Å². The van der Waals surface area contributed by atoms with Crippen LogP contribution in [0.3, 0.4) is 0 Å². The second-order valence-electron chi connectivity index (χ2n) is 10.9. The lowest BCUT2D eigenvalue weighted by Gasteiger charge is -2.09. The highest BCUT2D eigenvalue weighted by molar-refractivity contribution is 6.28. The number of hydrogen-bond donors (Lipinski definition) is 2. The average Bonchev–Trinajstić information content (AvgIpc) is 3.20. The molecular weight excluding hydrogens is 652 g/mol. The van der Waals surface area contributed by atoms with E-state index in [1.807, 2.05) is 182 Å². The lowest BCUT2D eigenvalue weighted by atomic mass is 10.2. The minimum Gasteiger partial charge on any atom is -0.399 e. The van der Waals surface area contributed by atoms with E-state index in [-0.39, 0.29) is 5.28 Å². The molecule has 0 atom stereocenters. The van der Waals surface area contributed by atoms with E-state index in [0.717, 1.165) is 33.6 Å². The number of nitrogens with two attached hydrogens (primary N) is 1. The quantitative estimate of drug-likeness (QED) is 0.166. The summed E-state index contributed by atoms with van der Waals surface area (Å²) in [4.78, 5) is 26.6. The number of nitrogens with zero attached hydrogens (tertiary/aromatic N) is 6. The normalized spacial score (nSPS) is 10.1. The van der Waals surface area contributed by atoms with Crippen molar-refractivity contribution in [2.24, 2.45) is 0 Å². The van der Waals surface area contributed by atoms with Crippen molar-refractivity contribution in [2.45, 2.75) is 0 Å². The number of rotatable bonds is 6. The van der Waals surface area contributed by atoms with Crippen LogP contribution < -0.4 is 11.1 Å². The first-order valence-electron chi connectivity index (χ1n) is 16.1. The third kappa shape index (κ3) is 10.1. The maximum Gasteiger partial charge on any atom is 0.231 e. The Morgan fingerprint density at radius 3 is 0.961 bits per heavy atom. The van der Waals surface area contributed by atoms with Crippen molar-refractivity contribution < 1.29 is 0 Å². The molecule has 0 amide bonds. The van der Waals surface area contributed by atoms with Gasteiger partial charge in [-0.3, -0.25) is 0 Å². The van der Waals surface area contributed by atoms with Crippen LogP contribution in [0.15, 0.2) is 182 Å². The zero-order valence-electron chi connectivity index (χ0n) is 27.5. The second kappa shape index (κ2) is 17.6. The third-order valence-corrected chi connectivity index (χ3v) is 7.37. The molecular formula is C42H33ClN8. The van der Waals surface area contributed by atoms with E-state index in [9.17, 15) is 0 Å². The lowest BCUT2D eigenvalue weighted by molar-refractivity contribution is 1.07. The summed E-state index contributed by atoms with van der Waals surface area (Å²) in [6.07, 6.45) is 0. The minimum absolute atomic E-state index is 0.202. The Morgan fingerprint density at radius 2 is 0.647 bits per heavy atom. The largest absolute Gasteiger partial charge is 0.399 e. The summed E-state index contributed by atoms with van der Waals surface area (Å²) in [5.74, 6) is 2.98. The van der Waals surface area contributed by atoms with Crippen molar-refractivity contribution in [3.05, 3.63) is 187 Å². The number of aromatic nitrogens is 6. The predicted molar refractivity (Wildman–Crippen MR) is 207 cm³/mol. The number of benzene rings is 6. The zero-order chi connectivity index (χ0) is 35.1. The van der Waals surface area contributed by atoms with Gasteiger partial charge in [-0.2, -0.15) is 19.9 Å². The van der Waals surface area contributed by atoms with Gasteiger partial charge in [0, 0.05) is 33.6 Å². The second-order valence-corrected chi connectivity index (χ2v) is 11.3. The topological polar surface area (TPSA) is 115 Å². The molecule has 0 aliphatic heterocycles. The fourth-order valence-corrected chi connectivity index (χ4v) is 4.91. The van der Waals surface area contributed by atoms with E-state index in [1.54, 1.807) is 0 Å². The van der Waals surface area contributed by atoms with Crippen LogP contribution in [0.2, 0.25) is 5.28 Å². The number of para-hydroxylation sites is 2. The summed E-state index contributed by atoms with van der Waals surface area (Å²) in [6.45, 7) is 0. The molecule has 3 N–H and O–H groups in total. The molecule has 0 saturated carbocycles. The highest BCUT2D eigenvalue weighted by atomic mass is 35.5. The van der Waals surface area contributed by atoms with Gasteiger partial charge in [0.1, 0.15) is 0 Å². The predicted octanol–water partition coefficient (Wildman–Crippen LogP) is 10.1. The van der Waals surface area contributed by atoms with Crippen LogP contribution >= 0.6 is 11.6 Å². The fraction of sp³-hybridized carbons (Fsp3) is 0. The number of hydrogen-bond acceptors (Lipinski definition) is 8. The van der Waals surface area contributed by atoms with E-state index < -0.39 is 0 Å². The van der Waals surface area contributed by atoms with Crippen LogP contribution in [0.5, 0.6) is 0 Å². The van der Waals surface area contributed by atoms with Gasteiger partial charge in [-0.05, 0) is 35.9 Å². The van der Waals surface area contributed by atoms with Crippen molar-refractivity contribution in [2.75, 3.05) is 11.1 Å². The summed E-state index contributed by atoms with van der Waals surface area (Å²) in [5.41, 5.74) is 10.9. The summed E-state index contributed by atoms with van der Waals surface area (Å²) < 4.78 is 0. The van der Waals surface area contributed by atoms with Gasteiger partial charge in [0.15, 0.2) is 23.3 Å². The molecule has 0 aliphatic rings. The Morgan fingerprint density at radius 1 is 0.353 bits per heavy atom. The molecule has 248 valence electrons. The van der Waals surface area contributed by atoms with E-state index in [1.165, 1.54) is 0 Å². The van der Waals surface area contributed by atoms with Gasteiger partial charge in [-0.25, -0.2) is 9.97 Å². The highest BCUT2D eigenvalue weighted by Crippen LogP contribution is 2.24. The van der Waals surface area contributed by atoms with Gasteiger partial charge in [-0.1, -0.05) is 158 Å². The van der Waals surface area contributed by atoms with E-state index >= 15 is 0 Å². The maximum atomic E-state index is 5.99. The van der Waals surface area contributed by atoms with E-state index in [2.05, 4.69) is 35.2 Å². The Bertz CT molecular complexity index is 2110. The van der Waals surface area contributed by atoms with Crippen molar-refractivity contribution in [3.8, 4) is 45.6 Å². The summed E-state index contributed by atoms with van der Waals surface area (Å²) in [5, 5.41) is 3.46. The first-order valence-corrected chi connectivity index (χ1v) is 16.5. The van der Waals surface area contributed by atoms with E-state index in [4.69, 9.17) is 17.3 Å². The molecule has 0 bridgehead atoms. The molecule has 9 heteroatoms. The molecule has 51 heavy (non-hydrogen) atoms. The Hall–Kier alpha value is -6.77. The van der Waals surface area contributed by atoms with Crippen LogP contribution in [0.4, 0.5) is 17.3 Å². The third-order valence-electron chi connectivity index (χ3n) is 7.20. The highest BCUT2D eigenvalue weighted by Gasteiger charge is 2.11. The van der Waals surface area contributed by atoms with Gasteiger partial charge in [0.2, 0.25) is 11.2 Å². The van der Waals surface area contributed by atoms with Gasteiger partial charge in [0.05, 0.1) is 0 Å². The average molecular weight is 685 g/mol. The molecule has 6 aromatic carbocycles. The van der Waals surface area contributed by atoms with Crippen LogP contribution in [-0.2, 0) is 0 Å². The van der Waals surface area contributed by atoms with Crippen molar-refractivity contribution in [1.29, 1.82) is 0 Å². The Labute approximate surface area is 301 Å². The number of anilines is 3. The molecule has 2 aromatic heterocycles. The Balaban J connectivity index is 0.000000151. The number of halogens is 1. The minimum atomic E-state index is 0.202. The molecule has 0 spiro atoms. The molecule has 8 rings (SSSR count). The molecule has 0 aliphatic carbocycles. The fourth-order valence-electron chi connectivity index (χ4n) is 4.75. The smallest absolute Gasteiger partial charge is 0.231 e. The van der Waals surface area contributed by atoms with Crippen molar-refractivity contribution in [3.63, 3.8) is 0 Å². The molecule has 0 fully saturated rings. The Kier molecular flexibility index (Phi) is 11.8. The lowest BCUT2D eigenvalue weighted by Crippen LogP contribution is -2.03. The number of nitrogens with one attached hydrogen (secondary N) is 1. The molecule has 0 radical (unpaired) electrons. The van der Waals surface area contributed by atoms with Crippen LogP contribution in [0.25, 0.3) is 45.6 Å². The standard InChI is InChI=1S/C21H16N4.C15H10ClN3.C6H7N/c1-4-10-16(11-5-1)19-23-20(17-12-6-2-7-13-17)25-21(24-19)22-18-14-8-3-9-15-18;16-15-18-13(11-7-3-1-4-8-11)17-14(19-15)12-9-5-2-6-10-12;7-6-4-2-1-3-5-6/h1-15H,(H,22,23,24,25);1-10H;1-5H,7H2.